The average molecular weight is 661 g/mol. The van der Waals surface area contributed by atoms with Gasteiger partial charge in [-0.3, -0.25) is 14.5 Å². The molecule has 0 aromatic heterocycles. The summed E-state index contributed by atoms with van der Waals surface area (Å²) in [6, 6.07) is 16.0. The molecule has 1 heterocycles. The fraction of sp³-hybridized carbons (Fsp3) is 0.625. The Morgan fingerprint density at radius 3 is 2.23 bits per heavy atom. The van der Waals surface area contributed by atoms with Crippen molar-refractivity contribution >= 4 is 5.91 Å². The summed E-state index contributed by atoms with van der Waals surface area (Å²) in [4.78, 5) is 25.2. The number of phenols is 1. The van der Waals surface area contributed by atoms with Gasteiger partial charge in [0.1, 0.15) is 17.9 Å². The van der Waals surface area contributed by atoms with Gasteiger partial charge in [-0.25, -0.2) is 0 Å². The Balaban J connectivity index is 1.35. The smallest absolute Gasteiger partial charge is 0.240 e. The highest BCUT2D eigenvalue weighted by Gasteiger charge is 2.54. The third kappa shape index (κ3) is 8.51. The molecule has 1 aliphatic heterocycles. The maximum atomic E-state index is 14.1. The molecule has 2 aromatic rings. The number of carbonyl (C=O) groups excluding carboxylic acids is 1. The van der Waals surface area contributed by atoms with Crippen molar-refractivity contribution in [1.29, 1.82) is 0 Å². The van der Waals surface area contributed by atoms with E-state index in [1.165, 1.54) is 12.0 Å². The second-order valence-corrected chi connectivity index (χ2v) is 16.3. The van der Waals surface area contributed by atoms with Crippen molar-refractivity contribution in [2.24, 2.45) is 29.1 Å². The molecule has 1 saturated heterocycles. The highest BCUT2D eigenvalue weighted by molar-refractivity contribution is 5.83. The number of benzene rings is 2. The number of likely N-dealkylation sites (N-methyl/N-ethyl adjacent to an activating group) is 1. The van der Waals surface area contributed by atoms with Crippen molar-refractivity contribution in [2.45, 2.75) is 104 Å². The monoisotopic (exact) mass is 660 g/mol. The quantitative estimate of drug-likeness (QED) is 0.203. The molecule has 4 fully saturated rings. The van der Waals surface area contributed by atoms with E-state index in [4.69, 9.17) is 4.84 Å². The van der Waals surface area contributed by atoms with E-state index in [1.807, 2.05) is 19.1 Å². The first-order valence-corrected chi connectivity index (χ1v) is 18.0. The van der Waals surface area contributed by atoms with Gasteiger partial charge in [0.2, 0.25) is 5.91 Å². The fourth-order valence-corrected chi connectivity index (χ4v) is 8.71. The van der Waals surface area contributed by atoms with Gasteiger partial charge in [0.05, 0.1) is 13.2 Å². The lowest BCUT2D eigenvalue weighted by atomic mass is 9.48. The van der Waals surface area contributed by atoms with E-state index in [0.717, 1.165) is 55.6 Å². The number of hydrogen-bond donors (Lipinski definition) is 3. The molecule has 2 aromatic carbocycles. The first kappa shape index (κ1) is 36.5. The minimum absolute atomic E-state index is 0.0308. The third-order valence-corrected chi connectivity index (χ3v) is 11.3. The van der Waals surface area contributed by atoms with E-state index in [-0.39, 0.29) is 30.2 Å². The summed E-state index contributed by atoms with van der Waals surface area (Å²) in [5, 5.41) is 25.7. The van der Waals surface area contributed by atoms with E-state index in [2.05, 4.69) is 93.8 Å². The summed E-state index contributed by atoms with van der Waals surface area (Å²) >= 11 is 0. The molecule has 6 rings (SSSR count). The summed E-state index contributed by atoms with van der Waals surface area (Å²) in [7, 11) is 4.25. The highest BCUT2D eigenvalue weighted by Crippen LogP contribution is 2.59. The second-order valence-electron chi connectivity index (χ2n) is 16.3. The molecular weight excluding hydrogens is 600 g/mol. The second kappa shape index (κ2) is 15.4. The molecular formula is C40H60N4O4. The summed E-state index contributed by atoms with van der Waals surface area (Å²) in [5.74, 6) is 1.81. The van der Waals surface area contributed by atoms with Gasteiger partial charge in [-0.05, 0) is 98.7 Å². The lowest BCUT2D eigenvalue weighted by Gasteiger charge is -2.59. The molecule has 3 saturated carbocycles. The van der Waals surface area contributed by atoms with Gasteiger partial charge in [0.25, 0.3) is 0 Å². The maximum absolute atomic E-state index is 14.1. The van der Waals surface area contributed by atoms with Gasteiger partial charge in [-0.2, -0.15) is 5.06 Å². The number of aliphatic hydroxyl groups is 1. The van der Waals surface area contributed by atoms with Crippen LogP contribution in [0.3, 0.4) is 0 Å². The van der Waals surface area contributed by atoms with Crippen molar-refractivity contribution in [3.05, 3.63) is 77.4 Å². The lowest BCUT2D eigenvalue weighted by Crippen LogP contribution is -2.58. The third-order valence-electron chi connectivity index (χ3n) is 11.3. The Morgan fingerprint density at radius 2 is 1.67 bits per heavy atom. The first-order valence-electron chi connectivity index (χ1n) is 18.0. The van der Waals surface area contributed by atoms with Crippen LogP contribution in [-0.4, -0.2) is 82.5 Å². The largest absolute Gasteiger partial charge is 0.508 e. The number of hydrogen-bond acceptors (Lipinski definition) is 7. The van der Waals surface area contributed by atoms with Crippen LogP contribution < -0.4 is 5.32 Å². The van der Waals surface area contributed by atoms with Crippen molar-refractivity contribution in [3.8, 4) is 5.75 Å². The number of phenolic OH excluding ortho intramolecular Hbond substituents is 1. The lowest BCUT2D eigenvalue weighted by molar-refractivity contribution is -0.182. The van der Waals surface area contributed by atoms with Crippen molar-refractivity contribution in [3.63, 3.8) is 0 Å². The van der Waals surface area contributed by atoms with Gasteiger partial charge in [0.15, 0.2) is 0 Å². The predicted octanol–water partition coefficient (Wildman–Crippen LogP) is 5.98. The fourth-order valence-electron chi connectivity index (χ4n) is 8.71. The minimum atomic E-state index is -0.563. The number of rotatable bonds is 15. The van der Waals surface area contributed by atoms with E-state index in [9.17, 15) is 15.0 Å². The van der Waals surface area contributed by atoms with E-state index >= 15 is 0 Å². The molecule has 2 unspecified atom stereocenters. The highest BCUT2D eigenvalue weighted by atomic mass is 16.7. The number of hydroxylamine groups is 2. The number of aliphatic hydroxyl groups excluding tert-OH is 1. The predicted molar refractivity (Wildman–Crippen MR) is 192 cm³/mol. The number of carbonyl (C=O) groups is 1. The van der Waals surface area contributed by atoms with Crippen LogP contribution >= 0.6 is 0 Å². The molecule has 264 valence electrons. The molecule has 48 heavy (non-hydrogen) atoms. The molecule has 7 atom stereocenters. The van der Waals surface area contributed by atoms with Crippen LogP contribution in [0.15, 0.2) is 60.7 Å². The molecule has 3 aliphatic carbocycles. The Morgan fingerprint density at radius 1 is 1.04 bits per heavy atom. The summed E-state index contributed by atoms with van der Waals surface area (Å²) in [5.41, 5.74) is 4.53. The van der Waals surface area contributed by atoms with Crippen molar-refractivity contribution in [2.75, 3.05) is 27.2 Å². The Hall–Kier alpha value is -2.75. The summed E-state index contributed by atoms with van der Waals surface area (Å²) < 4.78 is 0. The van der Waals surface area contributed by atoms with Crippen LogP contribution in [0.1, 0.15) is 77.0 Å². The van der Waals surface area contributed by atoms with E-state index < -0.39 is 12.1 Å². The van der Waals surface area contributed by atoms with Gasteiger partial charge in [0, 0.05) is 37.6 Å². The van der Waals surface area contributed by atoms with Crippen molar-refractivity contribution < 1.29 is 19.8 Å². The minimum Gasteiger partial charge on any atom is -0.508 e. The van der Waals surface area contributed by atoms with Gasteiger partial charge in [-0.1, -0.05) is 76.2 Å². The van der Waals surface area contributed by atoms with Crippen LogP contribution in [0.4, 0.5) is 0 Å². The average Bonchev–Trinajstić information content (AvgIpc) is 3.39. The van der Waals surface area contributed by atoms with Crippen molar-refractivity contribution in [1.82, 2.24) is 20.2 Å². The zero-order valence-corrected chi connectivity index (χ0v) is 30.4. The van der Waals surface area contributed by atoms with Gasteiger partial charge < -0.3 is 20.4 Å². The molecule has 0 spiro atoms. The van der Waals surface area contributed by atoms with Crippen LogP contribution in [0.25, 0.3) is 0 Å². The van der Waals surface area contributed by atoms with Gasteiger partial charge >= 0.3 is 0 Å². The number of fused-ring (bicyclic) bond motifs is 2. The molecule has 2 bridgehead atoms. The van der Waals surface area contributed by atoms with Crippen LogP contribution in [-0.2, 0) is 29.3 Å². The standard InChI is InChI=1S/C40H60N4O4/c1-26(2)15-34(24-42(7)8)43(22-30-13-10-14-35(46)17-30)21-28-11-9-12-29(16-28)23-44-38(37(27(3)4)36(25-45)48-44)39(47)41-33-19-31-18-32(20-33)40(31,5)6/h9-14,16-17,26,31-34,36-38,45-46H,3,15,18-25H2,1-2,4-8H3,(H,41,47)/t31-,32?,33?,34+,36+,37-,38+/m1/s1. The Kier molecular flexibility index (Phi) is 11.7. The van der Waals surface area contributed by atoms with Gasteiger partial charge in [-0.15, -0.1) is 0 Å². The molecule has 8 nitrogen and oxygen atoms in total. The Labute approximate surface area is 289 Å². The number of aromatic hydroxyl groups is 1. The summed E-state index contributed by atoms with van der Waals surface area (Å²) in [6.07, 6.45) is 3.86. The molecule has 8 heteroatoms. The topological polar surface area (TPSA) is 88.5 Å². The van der Waals surface area contributed by atoms with E-state index in [0.29, 0.717) is 35.8 Å². The van der Waals surface area contributed by atoms with Crippen LogP contribution in [0, 0.1) is 29.1 Å². The molecule has 4 aliphatic rings. The van der Waals surface area contributed by atoms with E-state index in [1.54, 1.807) is 11.1 Å². The number of amides is 1. The zero-order chi connectivity index (χ0) is 34.7. The van der Waals surface area contributed by atoms with Crippen LogP contribution in [0.2, 0.25) is 0 Å². The SMILES string of the molecule is C=C(C)[C@@H]1[C@H](CO)ON(Cc2cccc(CN(Cc3cccc(O)c3)[C@@H](CC(C)C)CN(C)C)c2)[C@@H]1C(=O)NC1CC2C[C@H](C1)C2(C)C. The van der Waals surface area contributed by atoms with Crippen LogP contribution in [0.5, 0.6) is 5.75 Å². The number of nitrogens with one attached hydrogen (secondary N) is 1. The molecule has 1 amide bonds. The Bertz CT molecular complexity index is 1390. The number of nitrogens with zero attached hydrogens (tertiary/aromatic N) is 3. The molecule has 3 N–H and O–H groups in total. The molecule has 0 radical (unpaired) electrons. The maximum Gasteiger partial charge on any atom is 0.240 e. The normalized spacial score (nSPS) is 27.3. The first-order chi connectivity index (χ1) is 22.7. The zero-order valence-electron chi connectivity index (χ0n) is 30.4. The summed E-state index contributed by atoms with van der Waals surface area (Å²) in [6.45, 7) is 18.1.